The van der Waals surface area contributed by atoms with Crippen molar-refractivity contribution in [2.24, 2.45) is 0 Å². The number of carbonyl (C=O) groups excluding carboxylic acids is 2. The van der Waals surface area contributed by atoms with E-state index in [9.17, 15) is 19.8 Å². The molecule has 0 aliphatic carbocycles. The zero-order chi connectivity index (χ0) is 59.9. The third-order valence-electron chi connectivity index (χ3n) is 18.0. The van der Waals surface area contributed by atoms with Gasteiger partial charge in [0.15, 0.2) is 0 Å². The monoisotopic (exact) mass is 1170 g/mol. The number of allylic oxidation sites excluding steroid dienone is 4. The van der Waals surface area contributed by atoms with E-state index in [1.165, 1.54) is 347 Å². The smallest absolute Gasteiger partial charge is 0.305 e. The molecule has 2 unspecified atom stereocenters. The fourth-order valence-corrected chi connectivity index (χ4v) is 12.2. The molecule has 0 aromatic heterocycles. The van der Waals surface area contributed by atoms with Gasteiger partial charge in [0.25, 0.3) is 0 Å². The Kier molecular flexibility index (Phi) is 71.4. The molecular weight excluding hydrogens is 1020 g/mol. The van der Waals surface area contributed by atoms with Crippen molar-refractivity contribution in [2.75, 3.05) is 13.2 Å². The lowest BCUT2D eigenvalue weighted by atomic mass is 10.0. The van der Waals surface area contributed by atoms with Crippen LogP contribution in [0.3, 0.4) is 0 Å². The van der Waals surface area contributed by atoms with Crippen molar-refractivity contribution in [2.45, 2.75) is 443 Å². The third-order valence-corrected chi connectivity index (χ3v) is 18.0. The molecule has 2 atom stereocenters. The average Bonchev–Trinajstić information content (AvgIpc) is 3.49. The van der Waals surface area contributed by atoms with Crippen LogP contribution in [0, 0.1) is 0 Å². The zero-order valence-corrected chi connectivity index (χ0v) is 56.5. The molecule has 3 N–H and O–H groups in total. The van der Waals surface area contributed by atoms with Gasteiger partial charge in [0.2, 0.25) is 5.91 Å². The molecule has 0 bridgehead atoms. The van der Waals surface area contributed by atoms with E-state index in [1.807, 2.05) is 0 Å². The maximum Gasteiger partial charge on any atom is 0.305 e. The van der Waals surface area contributed by atoms with Gasteiger partial charge in [0.1, 0.15) is 0 Å². The van der Waals surface area contributed by atoms with Crippen LogP contribution in [0.4, 0.5) is 0 Å². The van der Waals surface area contributed by atoms with Crippen molar-refractivity contribution >= 4 is 11.9 Å². The van der Waals surface area contributed by atoms with Crippen LogP contribution in [0.1, 0.15) is 431 Å². The summed E-state index contributed by atoms with van der Waals surface area (Å²) in [5.41, 5.74) is 0. The van der Waals surface area contributed by atoms with Gasteiger partial charge in [-0.1, -0.05) is 385 Å². The number of esters is 1. The Balaban J connectivity index is 3.27. The van der Waals surface area contributed by atoms with Crippen LogP contribution in [0.25, 0.3) is 0 Å². The Labute approximate surface area is 520 Å². The Hall–Kier alpha value is -1.66. The molecule has 6 nitrogen and oxygen atoms in total. The first kappa shape index (κ1) is 81.3. The van der Waals surface area contributed by atoms with Crippen LogP contribution in [0.2, 0.25) is 0 Å². The minimum atomic E-state index is -0.658. The molecule has 0 spiro atoms. The summed E-state index contributed by atoms with van der Waals surface area (Å²) in [4.78, 5) is 24.6. The molecule has 83 heavy (non-hydrogen) atoms. The van der Waals surface area contributed by atoms with Crippen LogP contribution in [-0.2, 0) is 14.3 Å². The van der Waals surface area contributed by atoms with Crippen molar-refractivity contribution in [3.05, 3.63) is 24.3 Å². The van der Waals surface area contributed by atoms with Crippen LogP contribution >= 0.6 is 0 Å². The summed E-state index contributed by atoms with van der Waals surface area (Å²) in [5.74, 6) is -0.0112. The second-order valence-electron chi connectivity index (χ2n) is 26.3. The van der Waals surface area contributed by atoms with Crippen LogP contribution in [0.5, 0.6) is 0 Å². The van der Waals surface area contributed by atoms with Crippen molar-refractivity contribution in [1.82, 2.24) is 5.32 Å². The molecule has 0 fully saturated rings. The summed E-state index contributed by atoms with van der Waals surface area (Å²) < 4.78 is 5.51. The molecule has 0 aliphatic rings. The fourth-order valence-electron chi connectivity index (χ4n) is 12.2. The number of ether oxygens (including phenoxy) is 1. The summed E-state index contributed by atoms with van der Waals surface area (Å²) in [5, 5.41) is 23.2. The van der Waals surface area contributed by atoms with Gasteiger partial charge >= 0.3 is 5.97 Å². The molecule has 0 saturated carbocycles. The van der Waals surface area contributed by atoms with Gasteiger partial charge in [0.05, 0.1) is 25.4 Å². The molecule has 1 amide bonds. The first-order chi connectivity index (χ1) is 41.0. The number of unbranched alkanes of at least 4 members (excludes halogenated alkanes) is 57. The van der Waals surface area contributed by atoms with Crippen LogP contribution < -0.4 is 5.32 Å². The SMILES string of the molecule is CCCCCC/C=C\C/C=C\CCCCCCCCCC(=O)OCCCCCCCCCCCCCCCCCCCCCCCCCCCCCCCCCCCCCCCC(=O)NC(CO)C(O)CCCCCCCCCCCCC. The summed E-state index contributed by atoms with van der Waals surface area (Å²) in [6.45, 7) is 4.96. The number of hydrogen-bond donors (Lipinski definition) is 3. The lowest BCUT2D eigenvalue weighted by Gasteiger charge is -2.22. The van der Waals surface area contributed by atoms with Crippen molar-refractivity contribution in [3.63, 3.8) is 0 Å². The van der Waals surface area contributed by atoms with E-state index >= 15 is 0 Å². The molecule has 0 aromatic carbocycles. The van der Waals surface area contributed by atoms with Crippen molar-refractivity contribution < 1.29 is 24.5 Å². The minimum Gasteiger partial charge on any atom is -0.466 e. The highest BCUT2D eigenvalue weighted by molar-refractivity contribution is 5.76. The Bertz CT molecular complexity index is 1300. The highest BCUT2D eigenvalue weighted by atomic mass is 16.5. The predicted octanol–water partition coefficient (Wildman–Crippen LogP) is 24.9. The van der Waals surface area contributed by atoms with E-state index in [4.69, 9.17) is 4.74 Å². The topological polar surface area (TPSA) is 95.9 Å². The highest BCUT2D eigenvalue weighted by Gasteiger charge is 2.20. The molecule has 6 heteroatoms. The van der Waals surface area contributed by atoms with E-state index in [-0.39, 0.29) is 18.5 Å². The molecule has 0 radical (unpaired) electrons. The fraction of sp³-hybridized carbons (Fsp3) is 0.922. The lowest BCUT2D eigenvalue weighted by molar-refractivity contribution is -0.143. The van der Waals surface area contributed by atoms with Crippen molar-refractivity contribution in [1.29, 1.82) is 0 Å². The van der Waals surface area contributed by atoms with Gasteiger partial charge in [0, 0.05) is 12.8 Å². The first-order valence-electron chi connectivity index (χ1n) is 38.1. The number of aliphatic hydroxyl groups excluding tert-OH is 2. The standard InChI is InChI=1S/C77H149NO5/c1-3-5-7-9-11-13-15-16-17-18-41-44-47-51-55-59-63-67-71-77(82)83-72-68-64-60-56-52-48-45-42-39-37-35-33-31-29-27-25-23-21-19-20-22-24-26-28-30-32-34-36-38-40-43-46-50-54-58-62-66-70-76(81)78-74(73-79)75(80)69-65-61-57-53-49-14-12-10-8-6-4-2/h13,15,17-18,74-75,79-80H,3-12,14,16,19-73H2,1-2H3,(H,78,81)/b15-13-,18-17-. The second kappa shape index (κ2) is 72.8. The number of hydrogen-bond acceptors (Lipinski definition) is 5. The van der Waals surface area contributed by atoms with Gasteiger partial charge in [-0.25, -0.2) is 0 Å². The first-order valence-corrected chi connectivity index (χ1v) is 38.1. The molecule has 0 saturated heterocycles. The van der Waals surface area contributed by atoms with Crippen LogP contribution in [0.15, 0.2) is 24.3 Å². The number of aliphatic hydroxyl groups is 2. The quantitative estimate of drug-likeness (QED) is 0.0320. The van der Waals surface area contributed by atoms with Gasteiger partial charge < -0.3 is 20.3 Å². The van der Waals surface area contributed by atoms with Gasteiger partial charge in [-0.3, -0.25) is 9.59 Å². The lowest BCUT2D eigenvalue weighted by Crippen LogP contribution is -2.45. The third kappa shape index (κ3) is 69.3. The van der Waals surface area contributed by atoms with E-state index in [0.717, 1.165) is 51.4 Å². The summed E-state index contributed by atoms with van der Waals surface area (Å²) in [6, 6.07) is -0.535. The Morgan fingerprint density at radius 3 is 0.928 bits per heavy atom. The number of amides is 1. The Morgan fingerprint density at radius 2 is 0.602 bits per heavy atom. The zero-order valence-electron chi connectivity index (χ0n) is 56.5. The molecule has 0 heterocycles. The van der Waals surface area contributed by atoms with E-state index in [2.05, 4.69) is 43.5 Å². The molecule has 0 rings (SSSR count). The molecular formula is C77H149NO5. The normalized spacial score (nSPS) is 12.6. The van der Waals surface area contributed by atoms with Crippen LogP contribution in [-0.4, -0.2) is 47.4 Å². The largest absolute Gasteiger partial charge is 0.466 e. The highest BCUT2D eigenvalue weighted by Crippen LogP contribution is 2.20. The molecule has 0 aromatic rings. The van der Waals surface area contributed by atoms with Crippen molar-refractivity contribution in [3.8, 4) is 0 Å². The summed E-state index contributed by atoms with van der Waals surface area (Å²) in [7, 11) is 0. The predicted molar refractivity (Wildman–Crippen MR) is 366 cm³/mol. The van der Waals surface area contributed by atoms with Gasteiger partial charge in [-0.2, -0.15) is 0 Å². The van der Waals surface area contributed by atoms with E-state index in [0.29, 0.717) is 25.9 Å². The average molecular weight is 1170 g/mol. The maximum atomic E-state index is 12.5. The number of carbonyl (C=O) groups is 2. The minimum absolute atomic E-state index is 0.0167. The summed E-state index contributed by atoms with van der Waals surface area (Å²) in [6.07, 6.45) is 92.7. The van der Waals surface area contributed by atoms with Gasteiger partial charge in [-0.15, -0.1) is 0 Å². The van der Waals surface area contributed by atoms with E-state index < -0.39 is 12.1 Å². The number of rotatable bonds is 72. The second-order valence-corrected chi connectivity index (χ2v) is 26.3. The van der Waals surface area contributed by atoms with Gasteiger partial charge in [-0.05, 0) is 57.8 Å². The Morgan fingerprint density at radius 1 is 0.337 bits per heavy atom. The maximum absolute atomic E-state index is 12.5. The molecule has 492 valence electrons. The van der Waals surface area contributed by atoms with E-state index in [1.54, 1.807) is 0 Å². The number of nitrogens with one attached hydrogen (secondary N) is 1. The molecule has 0 aliphatic heterocycles. The summed E-state index contributed by atoms with van der Waals surface area (Å²) >= 11 is 0.